The smallest absolute Gasteiger partial charge is 0.309 e. The van der Waals surface area contributed by atoms with Crippen LogP contribution in [0.4, 0.5) is 5.13 Å². The zero-order valence-electron chi connectivity index (χ0n) is 6.15. The molecule has 0 saturated carbocycles. The monoisotopic (exact) mass is 183 g/mol. The maximum absolute atomic E-state index is 10.1. The quantitative estimate of drug-likeness (QED) is 0.683. The predicted octanol–water partition coefficient (Wildman–Crippen LogP) is 0.907. The Labute approximate surface area is 73.4 Å². The molecule has 4 nitrogen and oxygen atoms in total. The summed E-state index contributed by atoms with van der Waals surface area (Å²) in [6, 6.07) is 0. The number of aliphatic carboxylic acids is 1. The molecule has 5 heteroatoms. The molecule has 1 heterocycles. The van der Waals surface area contributed by atoms with E-state index in [0.29, 0.717) is 10.8 Å². The lowest BCUT2D eigenvalue weighted by atomic mass is 10.3. The van der Waals surface area contributed by atoms with Gasteiger partial charge in [-0.1, -0.05) is 0 Å². The minimum absolute atomic E-state index is 0.0442. The van der Waals surface area contributed by atoms with Crippen LogP contribution in [0.15, 0.2) is 11.5 Å². The van der Waals surface area contributed by atoms with E-state index in [1.54, 1.807) is 5.38 Å². The second-order valence-electron chi connectivity index (χ2n) is 2.02. The molecule has 0 aliphatic carbocycles. The third kappa shape index (κ3) is 2.65. The molecule has 1 aromatic heterocycles. The Morgan fingerprint density at radius 2 is 2.67 bits per heavy atom. The summed E-state index contributed by atoms with van der Waals surface area (Å²) >= 11 is 1.30. The molecule has 0 unspecified atom stereocenters. The fraction of sp³-hybridized carbons (Fsp3) is 0.143. The second-order valence-corrected chi connectivity index (χ2v) is 2.91. The van der Waals surface area contributed by atoms with Crippen LogP contribution in [0.2, 0.25) is 0 Å². The van der Waals surface area contributed by atoms with Gasteiger partial charge < -0.3 is 10.8 Å². The van der Waals surface area contributed by atoms with Crippen LogP contribution in [0.3, 0.4) is 0 Å². The van der Waals surface area contributed by atoms with Crippen molar-refractivity contribution in [1.29, 1.82) is 0 Å². The van der Waals surface area contributed by atoms with Gasteiger partial charge in [-0.2, -0.15) is 4.98 Å². The number of nitrogens with zero attached hydrogens (tertiary/aromatic N) is 1. The van der Waals surface area contributed by atoms with Crippen LogP contribution in [0.1, 0.15) is 12.1 Å². The van der Waals surface area contributed by atoms with Crippen LogP contribution < -0.4 is 5.73 Å². The molecule has 0 spiro atoms. The first-order valence-corrected chi connectivity index (χ1v) is 4.07. The Morgan fingerprint density at radius 3 is 3.17 bits per heavy atom. The maximum Gasteiger partial charge on any atom is 0.309 e. The van der Waals surface area contributed by atoms with Gasteiger partial charge in [-0.15, -0.1) is 0 Å². The van der Waals surface area contributed by atoms with Gasteiger partial charge in [-0.3, -0.25) is 4.79 Å². The average Bonchev–Trinajstić information content (AvgIpc) is 2.35. The van der Waals surface area contributed by atoms with Crippen molar-refractivity contribution < 1.29 is 9.90 Å². The first-order valence-electron chi connectivity index (χ1n) is 3.19. The summed E-state index contributed by atoms with van der Waals surface area (Å²) in [6.07, 6.45) is 4.08. The topological polar surface area (TPSA) is 76.2 Å². The van der Waals surface area contributed by atoms with Crippen molar-refractivity contribution >= 4 is 22.4 Å². The van der Waals surface area contributed by atoms with Crippen molar-refractivity contribution in [3.63, 3.8) is 0 Å². The molecular formula is C7H7N2O2S+. The predicted molar refractivity (Wildman–Crippen MR) is 45.7 cm³/mol. The molecular weight excluding hydrogens is 176 g/mol. The van der Waals surface area contributed by atoms with E-state index in [1.807, 2.05) is 0 Å². The highest BCUT2D eigenvalue weighted by Gasteiger charge is 2.05. The first-order chi connectivity index (χ1) is 5.68. The highest BCUT2D eigenvalue weighted by molar-refractivity contribution is 7.13. The number of aromatic nitrogens is 1. The maximum atomic E-state index is 10.1. The number of nitrogen functional groups attached to an aromatic ring is 1. The van der Waals surface area contributed by atoms with Gasteiger partial charge in [0, 0.05) is 0 Å². The molecule has 12 heavy (non-hydrogen) atoms. The van der Waals surface area contributed by atoms with Crippen molar-refractivity contribution in [1.82, 2.24) is 4.98 Å². The minimum atomic E-state index is -0.884. The Hall–Kier alpha value is -1.45. The number of carbonyl (C=O) groups is 1. The number of hydrogen-bond acceptors (Lipinski definition) is 4. The Kier molecular flexibility index (Phi) is 2.74. The number of thiazole rings is 1. The van der Waals surface area contributed by atoms with Crippen LogP contribution >= 0.6 is 11.3 Å². The number of nitrogens with two attached hydrogens (primary N) is 1. The Bertz CT molecular complexity index is 306. The Balaban J connectivity index is 2.52. The van der Waals surface area contributed by atoms with E-state index in [1.165, 1.54) is 17.4 Å². The summed E-state index contributed by atoms with van der Waals surface area (Å²) in [4.78, 5) is 13.9. The van der Waals surface area contributed by atoms with Crippen molar-refractivity contribution in [2.75, 3.05) is 5.73 Å². The number of hydrogen-bond donors (Lipinski definition) is 2. The normalized spacial score (nSPS) is 10.0. The largest absolute Gasteiger partial charge is 0.481 e. The van der Waals surface area contributed by atoms with Crippen molar-refractivity contribution in [2.24, 2.45) is 0 Å². The van der Waals surface area contributed by atoms with Crippen LogP contribution in [0.5, 0.6) is 0 Å². The van der Waals surface area contributed by atoms with Gasteiger partial charge in [-0.05, 0) is 11.3 Å². The highest BCUT2D eigenvalue weighted by atomic mass is 32.1. The van der Waals surface area contributed by atoms with E-state index in [9.17, 15) is 4.79 Å². The van der Waals surface area contributed by atoms with Gasteiger partial charge in [0.2, 0.25) is 5.13 Å². The highest BCUT2D eigenvalue weighted by Crippen LogP contribution is 2.10. The summed E-state index contributed by atoms with van der Waals surface area (Å²) < 4.78 is 0. The van der Waals surface area contributed by atoms with Gasteiger partial charge in [0.15, 0.2) is 5.38 Å². The number of carboxylic acids is 1. The third-order valence-electron chi connectivity index (χ3n) is 1.05. The molecule has 0 atom stereocenters. The summed E-state index contributed by atoms with van der Waals surface area (Å²) in [5.74, 6) is -0.884. The third-order valence-corrected chi connectivity index (χ3v) is 1.72. The molecule has 0 radical (unpaired) electrons. The molecule has 0 amide bonds. The zero-order valence-corrected chi connectivity index (χ0v) is 6.97. The van der Waals surface area contributed by atoms with Crippen LogP contribution in [0.25, 0.3) is 0 Å². The summed E-state index contributed by atoms with van der Waals surface area (Å²) in [6.45, 7) is 0. The average molecular weight is 183 g/mol. The van der Waals surface area contributed by atoms with Crippen molar-refractivity contribution in [2.45, 2.75) is 6.42 Å². The fourth-order valence-corrected chi connectivity index (χ4v) is 1.10. The lowest BCUT2D eigenvalue weighted by molar-refractivity contribution is -0.136. The van der Waals surface area contributed by atoms with Crippen molar-refractivity contribution in [3.05, 3.63) is 23.2 Å². The van der Waals surface area contributed by atoms with Gasteiger partial charge in [0.1, 0.15) is 6.08 Å². The van der Waals surface area contributed by atoms with Gasteiger partial charge >= 0.3 is 11.7 Å². The van der Waals surface area contributed by atoms with Crippen molar-refractivity contribution in [3.8, 4) is 0 Å². The molecule has 0 saturated heterocycles. The zero-order chi connectivity index (χ0) is 8.97. The molecule has 0 bridgehead atoms. The molecule has 1 rings (SSSR count). The van der Waals surface area contributed by atoms with Crippen LogP contribution in [0, 0.1) is 6.08 Å². The van der Waals surface area contributed by atoms with Gasteiger partial charge in [0.05, 0.1) is 12.5 Å². The molecule has 0 aliphatic heterocycles. The summed E-state index contributed by atoms with van der Waals surface area (Å²) in [5.41, 5.74) is 5.93. The molecule has 0 aromatic carbocycles. The van der Waals surface area contributed by atoms with Crippen LogP contribution in [-0.4, -0.2) is 16.1 Å². The minimum Gasteiger partial charge on any atom is -0.481 e. The summed E-state index contributed by atoms with van der Waals surface area (Å²) in [5, 5.41) is 10.5. The lowest BCUT2D eigenvalue weighted by Gasteiger charge is -1.75. The van der Waals surface area contributed by atoms with E-state index in [2.05, 4.69) is 11.1 Å². The first kappa shape index (κ1) is 8.64. The van der Waals surface area contributed by atoms with Crippen LogP contribution in [-0.2, 0) is 4.79 Å². The van der Waals surface area contributed by atoms with E-state index in [0.717, 1.165) is 0 Å². The number of anilines is 1. The van der Waals surface area contributed by atoms with E-state index >= 15 is 0 Å². The molecule has 3 N–H and O–H groups in total. The standard InChI is InChI=1S/C7H6N2O2S/c8-7-9-5(4-12-7)2-1-3-6(10)11/h1,4H,3H2,(H2-,8,9,10,11)/p+1. The van der Waals surface area contributed by atoms with E-state index in [4.69, 9.17) is 10.8 Å². The number of rotatable bonds is 3. The van der Waals surface area contributed by atoms with Gasteiger partial charge in [0.25, 0.3) is 0 Å². The summed E-state index contributed by atoms with van der Waals surface area (Å²) in [7, 11) is 0. The lowest BCUT2D eigenvalue weighted by Crippen LogP contribution is -1.90. The van der Waals surface area contributed by atoms with E-state index < -0.39 is 5.97 Å². The Morgan fingerprint density at radius 1 is 1.92 bits per heavy atom. The molecule has 62 valence electrons. The fourth-order valence-electron chi connectivity index (χ4n) is 0.597. The van der Waals surface area contributed by atoms with Gasteiger partial charge in [-0.25, -0.2) is 0 Å². The molecule has 0 aliphatic rings. The number of carboxylic acid groups (broad SMARTS) is 1. The second kappa shape index (κ2) is 3.80. The SMILES string of the molecule is Nc1nc([C+]=CCC(=O)O)cs1. The van der Waals surface area contributed by atoms with E-state index in [-0.39, 0.29) is 6.42 Å². The molecule has 0 fully saturated rings. The molecule has 1 aromatic rings.